The van der Waals surface area contributed by atoms with E-state index >= 15 is 0 Å². The van der Waals surface area contributed by atoms with Crippen LogP contribution in [0, 0.1) is 29.3 Å². The van der Waals surface area contributed by atoms with Crippen molar-refractivity contribution in [3.63, 3.8) is 0 Å². The zero-order chi connectivity index (χ0) is 27.7. The molecule has 0 radical (unpaired) electrons. The molecule has 2 fully saturated rings. The Balaban J connectivity index is 0.000000244. The number of benzene rings is 2. The van der Waals surface area contributed by atoms with Gasteiger partial charge in [-0.05, 0) is 48.6 Å². The highest BCUT2D eigenvalue weighted by Crippen LogP contribution is 2.40. The molecule has 2 aliphatic rings. The van der Waals surface area contributed by atoms with Crippen molar-refractivity contribution in [3.05, 3.63) is 65.0 Å². The van der Waals surface area contributed by atoms with Gasteiger partial charge in [0.1, 0.15) is 5.82 Å². The van der Waals surface area contributed by atoms with E-state index in [0.717, 1.165) is 13.2 Å². The van der Waals surface area contributed by atoms with Gasteiger partial charge in [-0.3, -0.25) is 4.39 Å². The van der Waals surface area contributed by atoms with E-state index in [1.165, 1.54) is 36.8 Å². The third-order valence-electron chi connectivity index (χ3n) is 6.72. The lowest BCUT2D eigenvalue weighted by molar-refractivity contribution is -0.213. The summed E-state index contributed by atoms with van der Waals surface area (Å²) in [6.07, 6.45) is 4.97. The second kappa shape index (κ2) is 14.4. The number of methoxy groups -OCH3 is 1. The van der Waals surface area contributed by atoms with E-state index in [4.69, 9.17) is 14.2 Å². The minimum Gasteiger partial charge on any atom is -0.414 e. The summed E-state index contributed by atoms with van der Waals surface area (Å²) in [6, 6.07) is 9.26. The van der Waals surface area contributed by atoms with Crippen LogP contribution in [-0.2, 0) is 20.8 Å². The first-order valence-corrected chi connectivity index (χ1v) is 12.7. The highest BCUT2D eigenvalue weighted by Gasteiger charge is 2.33. The molecule has 212 valence electrons. The van der Waals surface area contributed by atoms with E-state index < -0.39 is 28.8 Å². The lowest BCUT2D eigenvalue weighted by atomic mass is 9.74. The van der Waals surface area contributed by atoms with E-state index in [9.17, 15) is 26.3 Å². The number of ether oxygens (including phenoxy) is 4. The molecule has 0 unspecified atom stereocenters. The van der Waals surface area contributed by atoms with Gasteiger partial charge < -0.3 is 18.9 Å². The van der Waals surface area contributed by atoms with Crippen molar-refractivity contribution >= 4 is 11.6 Å². The zero-order valence-corrected chi connectivity index (χ0v) is 21.7. The van der Waals surface area contributed by atoms with Gasteiger partial charge in [0.15, 0.2) is 23.7 Å². The standard InChI is InChI=1S/C20H29FO3.C7H2ClF5O/c1-22-12-15-2-4-16(5-3-15)17-6-8-18(9-7-17)19-13-23-20(10-11-21)24-14-19;8-7(12,13)14-6-4(10)1-3(9)2-5(6)11/h2-5,17-20H,6-14H2,1H3;1-2H. The SMILES string of the molecule is COCc1ccc(C2CCC(C3COC(CCF)OC3)CC2)cc1.Fc1cc(F)c(OC(F)(F)Cl)c(F)c1. The van der Waals surface area contributed by atoms with Crippen molar-refractivity contribution in [2.75, 3.05) is 27.0 Å². The van der Waals surface area contributed by atoms with Crippen LogP contribution in [0.2, 0.25) is 0 Å². The van der Waals surface area contributed by atoms with Gasteiger partial charge in [0, 0.05) is 43.2 Å². The van der Waals surface area contributed by atoms with Crippen molar-refractivity contribution in [2.45, 2.75) is 56.5 Å². The monoisotopic (exact) mass is 568 g/mol. The molecule has 0 amide bonds. The fourth-order valence-corrected chi connectivity index (χ4v) is 4.88. The zero-order valence-electron chi connectivity index (χ0n) is 20.9. The first-order valence-electron chi connectivity index (χ1n) is 12.4. The summed E-state index contributed by atoms with van der Waals surface area (Å²) in [7, 11) is 1.73. The fraction of sp³-hybridized carbons (Fsp3) is 0.556. The van der Waals surface area contributed by atoms with Gasteiger partial charge in [0.2, 0.25) is 0 Å². The Hall–Kier alpha value is -2.01. The highest BCUT2D eigenvalue weighted by atomic mass is 35.5. The summed E-state index contributed by atoms with van der Waals surface area (Å²) in [5.41, 5.74) is -1.57. The summed E-state index contributed by atoms with van der Waals surface area (Å²) in [6.45, 7) is 1.76. The van der Waals surface area contributed by atoms with E-state index in [2.05, 4.69) is 40.6 Å². The Bertz CT molecular complexity index is 965. The molecular weight excluding hydrogens is 538 g/mol. The summed E-state index contributed by atoms with van der Waals surface area (Å²) in [4.78, 5) is 0. The van der Waals surface area contributed by atoms with Crippen LogP contribution in [0.1, 0.15) is 49.1 Å². The van der Waals surface area contributed by atoms with Crippen molar-refractivity contribution < 1.29 is 45.3 Å². The van der Waals surface area contributed by atoms with Crippen LogP contribution < -0.4 is 4.74 Å². The van der Waals surface area contributed by atoms with Gasteiger partial charge in [0.05, 0.1) is 26.5 Å². The Morgan fingerprint density at radius 1 is 0.921 bits per heavy atom. The van der Waals surface area contributed by atoms with Crippen LogP contribution in [0.25, 0.3) is 0 Å². The van der Waals surface area contributed by atoms with Gasteiger partial charge in [0.25, 0.3) is 0 Å². The van der Waals surface area contributed by atoms with Crippen LogP contribution >= 0.6 is 11.6 Å². The van der Waals surface area contributed by atoms with Crippen molar-refractivity contribution in [1.29, 1.82) is 0 Å². The molecule has 4 nitrogen and oxygen atoms in total. The van der Waals surface area contributed by atoms with Crippen molar-refractivity contribution in [3.8, 4) is 5.75 Å². The third-order valence-corrected chi connectivity index (χ3v) is 6.80. The maximum Gasteiger partial charge on any atom is 0.487 e. The predicted molar refractivity (Wildman–Crippen MR) is 129 cm³/mol. The third kappa shape index (κ3) is 9.32. The highest BCUT2D eigenvalue weighted by molar-refractivity contribution is 6.20. The quantitative estimate of drug-likeness (QED) is 0.241. The lowest BCUT2D eigenvalue weighted by Crippen LogP contribution is -2.37. The predicted octanol–water partition coefficient (Wildman–Crippen LogP) is 7.73. The summed E-state index contributed by atoms with van der Waals surface area (Å²) < 4.78 is 93.8. The number of halogens is 7. The molecule has 4 rings (SSSR count). The van der Waals surface area contributed by atoms with E-state index in [0.29, 0.717) is 30.8 Å². The van der Waals surface area contributed by atoms with Crippen LogP contribution in [0.3, 0.4) is 0 Å². The molecule has 0 aromatic heterocycles. The fourth-order valence-electron chi connectivity index (χ4n) is 4.80. The Morgan fingerprint density at radius 3 is 2.00 bits per heavy atom. The average molecular weight is 569 g/mol. The van der Waals surface area contributed by atoms with E-state index in [1.807, 2.05) is 0 Å². The molecule has 0 N–H and O–H groups in total. The lowest BCUT2D eigenvalue weighted by Gasteiger charge is -2.37. The van der Waals surface area contributed by atoms with E-state index in [-0.39, 0.29) is 25.1 Å². The number of hydrogen-bond acceptors (Lipinski definition) is 4. The van der Waals surface area contributed by atoms with Gasteiger partial charge in [-0.2, -0.15) is 0 Å². The minimum absolute atomic E-state index is 0.195. The van der Waals surface area contributed by atoms with Gasteiger partial charge in [-0.25, -0.2) is 13.2 Å². The minimum atomic E-state index is -4.25. The molecule has 0 spiro atoms. The number of hydrogen-bond donors (Lipinski definition) is 0. The molecule has 2 aromatic carbocycles. The molecule has 2 aromatic rings. The van der Waals surface area contributed by atoms with E-state index in [1.54, 1.807) is 7.11 Å². The second-order valence-electron chi connectivity index (χ2n) is 9.37. The van der Waals surface area contributed by atoms with Crippen LogP contribution in [-0.4, -0.2) is 38.9 Å². The smallest absolute Gasteiger partial charge is 0.414 e. The molecule has 38 heavy (non-hydrogen) atoms. The summed E-state index contributed by atoms with van der Waals surface area (Å²) in [5.74, 6) is -4.03. The Morgan fingerprint density at radius 2 is 1.50 bits per heavy atom. The van der Waals surface area contributed by atoms with Crippen molar-refractivity contribution in [2.24, 2.45) is 11.8 Å². The largest absolute Gasteiger partial charge is 0.487 e. The Kier molecular flexibility index (Phi) is 11.6. The molecule has 1 aliphatic heterocycles. The topological polar surface area (TPSA) is 36.9 Å². The van der Waals surface area contributed by atoms with Crippen LogP contribution in [0.4, 0.5) is 26.3 Å². The normalized spacial score (nSPS) is 23.9. The maximum absolute atomic E-state index is 12.6. The first-order chi connectivity index (χ1) is 18.1. The van der Waals surface area contributed by atoms with Gasteiger partial charge >= 0.3 is 5.57 Å². The van der Waals surface area contributed by atoms with Crippen molar-refractivity contribution in [1.82, 2.24) is 0 Å². The average Bonchev–Trinajstić information content (AvgIpc) is 2.88. The molecule has 0 atom stereocenters. The second-order valence-corrected chi connectivity index (χ2v) is 9.81. The molecule has 1 aliphatic carbocycles. The molecule has 11 heteroatoms. The molecule has 1 saturated carbocycles. The summed E-state index contributed by atoms with van der Waals surface area (Å²) in [5, 5.41) is 0. The van der Waals surface area contributed by atoms with Gasteiger partial charge in [-0.15, -0.1) is 8.78 Å². The molecule has 1 saturated heterocycles. The summed E-state index contributed by atoms with van der Waals surface area (Å²) >= 11 is 4.27. The number of alkyl halides is 4. The van der Waals surface area contributed by atoms with Crippen LogP contribution in [0.5, 0.6) is 5.75 Å². The van der Waals surface area contributed by atoms with Gasteiger partial charge in [-0.1, -0.05) is 24.3 Å². The first kappa shape index (κ1) is 30.5. The van der Waals surface area contributed by atoms with Crippen LogP contribution in [0.15, 0.2) is 36.4 Å². The Labute approximate surface area is 223 Å². The molecule has 1 heterocycles. The number of rotatable bonds is 8. The molecule has 0 bridgehead atoms. The molecular formula is C27H31ClF6O4. The maximum atomic E-state index is 12.6.